The van der Waals surface area contributed by atoms with E-state index in [0.29, 0.717) is 11.4 Å². The molecule has 37 heavy (non-hydrogen) atoms. The maximum absolute atomic E-state index is 14.1. The number of allylic oxidation sites excluding steroid dienone is 1. The van der Waals surface area contributed by atoms with Crippen LogP contribution in [0.1, 0.15) is 22.6 Å². The third-order valence-electron chi connectivity index (χ3n) is 8.03. The van der Waals surface area contributed by atoms with Gasteiger partial charge in [-0.3, -0.25) is 14.4 Å². The topological polar surface area (TPSA) is 63.7 Å². The Hall–Kier alpha value is -4.51. The van der Waals surface area contributed by atoms with Crippen molar-refractivity contribution in [2.24, 2.45) is 17.8 Å². The van der Waals surface area contributed by atoms with Gasteiger partial charge in [-0.15, -0.1) is 0 Å². The first-order valence-corrected chi connectivity index (χ1v) is 12.5. The zero-order valence-corrected chi connectivity index (χ0v) is 20.1. The van der Waals surface area contributed by atoms with E-state index >= 15 is 0 Å². The van der Waals surface area contributed by atoms with E-state index in [1.54, 1.807) is 6.07 Å². The molecular formula is C32H23NO4. The average Bonchev–Trinajstić information content (AvgIpc) is 3.19. The molecule has 0 N–H and O–H groups in total. The molecule has 1 aliphatic carbocycles. The van der Waals surface area contributed by atoms with Crippen molar-refractivity contribution < 1.29 is 19.1 Å². The van der Waals surface area contributed by atoms with E-state index in [1.165, 1.54) is 4.90 Å². The van der Waals surface area contributed by atoms with Crippen LogP contribution in [0.25, 0.3) is 16.3 Å². The molecule has 0 unspecified atom stereocenters. The highest BCUT2D eigenvalue weighted by Crippen LogP contribution is 2.55. The minimum Gasteiger partial charge on any atom is -0.425 e. The lowest BCUT2D eigenvalue weighted by atomic mass is 9.64. The number of fused-ring (bicyclic) bond motifs is 7. The van der Waals surface area contributed by atoms with Crippen LogP contribution in [0.15, 0.2) is 97.1 Å². The van der Waals surface area contributed by atoms with Crippen LogP contribution < -0.4 is 9.64 Å². The molecule has 0 bridgehead atoms. The van der Waals surface area contributed by atoms with Gasteiger partial charge in [0.15, 0.2) is 0 Å². The van der Waals surface area contributed by atoms with Crippen molar-refractivity contribution in [1.82, 2.24) is 0 Å². The van der Waals surface area contributed by atoms with Crippen LogP contribution >= 0.6 is 0 Å². The molecule has 1 fully saturated rings. The van der Waals surface area contributed by atoms with Gasteiger partial charge in [0.2, 0.25) is 11.8 Å². The van der Waals surface area contributed by atoms with Crippen molar-refractivity contribution in [3.05, 3.63) is 114 Å². The molecule has 5 nitrogen and oxygen atoms in total. The van der Waals surface area contributed by atoms with Crippen LogP contribution in [0.3, 0.4) is 0 Å². The SMILES string of the molecule is Cc1ccccc1N1C(=O)[C@@H]2[C@@H]3C(=O)Oc4c(ccc5ccccc45)C3=C[C@H](c3ccccc3)[C@@H]2C1=O. The Bertz CT molecular complexity index is 1650. The van der Waals surface area contributed by atoms with Gasteiger partial charge < -0.3 is 4.74 Å². The second kappa shape index (κ2) is 8.00. The summed E-state index contributed by atoms with van der Waals surface area (Å²) in [6.45, 7) is 1.88. The highest BCUT2D eigenvalue weighted by atomic mass is 16.5. The summed E-state index contributed by atoms with van der Waals surface area (Å²) in [7, 11) is 0. The van der Waals surface area contributed by atoms with E-state index in [4.69, 9.17) is 4.74 Å². The van der Waals surface area contributed by atoms with Crippen LogP contribution in [-0.4, -0.2) is 17.8 Å². The summed E-state index contributed by atoms with van der Waals surface area (Å²) in [6, 6.07) is 28.9. The van der Waals surface area contributed by atoms with Crippen molar-refractivity contribution in [3.63, 3.8) is 0 Å². The van der Waals surface area contributed by atoms with Crippen LogP contribution in [0, 0.1) is 24.7 Å². The molecule has 3 aliphatic rings. The third-order valence-corrected chi connectivity index (χ3v) is 8.03. The fourth-order valence-corrected chi connectivity index (χ4v) is 6.34. The van der Waals surface area contributed by atoms with Gasteiger partial charge >= 0.3 is 5.97 Å². The maximum Gasteiger partial charge on any atom is 0.319 e. The molecule has 7 rings (SSSR count). The minimum atomic E-state index is -0.843. The number of aryl methyl sites for hydroxylation is 1. The normalized spacial score (nSPS) is 24.3. The van der Waals surface area contributed by atoms with E-state index in [2.05, 4.69) is 0 Å². The first-order chi connectivity index (χ1) is 18.0. The van der Waals surface area contributed by atoms with Crippen LogP contribution in [0.4, 0.5) is 5.69 Å². The minimum absolute atomic E-state index is 0.273. The number of benzene rings is 4. The average molecular weight is 486 g/mol. The van der Waals surface area contributed by atoms with Gasteiger partial charge in [-0.25, -0.2) is 4.90 Å². The van der Waals surface area contributed by atoms with E-state index in [9.17, 15) is 14.4 Å². The van der Waals surface area contributed by atoms with Crippen LogP contribution in [0.2, 0.25) is 0 Å². The summed E-state index contributed by atoms with van der Waals surface area (Å²) in [6.07, 6.45) is 2.03. The van der Waals surface area contributed by atoms with Gasteiger partial charge in [0.05, 0.1) is 23.4 Å². The second-order valence-electron chi connectivity index (χ2n) is 9.97. The number of hydrogen-bond acceptors (Lipinski definition) is 4. The van der Waals surface area contributed by atoms with Crippen molar-refractivity contribution in [3.8, 4) is 5.75 Å². The summed E-state index contributed by atoms with van der Waals surface area (Å²) >= 11 is 0. The Balaban J connectivity index is 1.46. The summed E-state index contributed by atoms with van der Waals surface area (Å²) in [5, 5.41) is 1.82. The highest BCUT2D eigenvalue weighted by Gasteiger charge is 2.60. The number of carbonyl (C=O) groups is 3. The Kier molecular flexibility index (Phi) is 4.70. The number of rotatable bonds is 2. The lowest BCUT2D eigenvalue weighted by Crippen LogP contribution is -2.42. The third kappa shape index (κ3) is 3.07. The Morgan fingerprint density at radius 1 is 0.730 bits per heavy atom. The number of esters is 1. The van der Waals surface area contributed by atoms with Crippen LogP contribution in [-0.2, 0) is 14.4 Å². The van der Waals surface area contributed by atoms with E-state index in [-0.39, 0.29) is 17.7 Å². The molecule has 0 aromatic heterocycles. The molecular weight excluding hydrogens is 462 g/mol. The van der Waals surface area contributed by atoms with E-state index in [0.717, 1.165) is 33.0 Å². The van der Waals surface area contributed by atoms with Crippen molar-refractivity contribution in [2.45, 2.75) is 12.8 Å². The molecule has 4 atom stereocenters. The second-order valence-corrected chi connectivity index (χ2v) is 9.97. The predicted octanol–water partition coefficient (Wildman–Crippen LogP) is 5.67. The number of carbonyl (C=O) groups excluding carboxylic acids is 3. The molecule has 4 aromatic rings. The maximum atomic E-state index is 14.1. The van der Waals surface area contributed by atoms with Crippen molar-refractivity contribution in [1.29, 1.82) is 0 Å². The molecule has 2 amide bonds. The molecule has 0 radical (unpaired) electrons. The number of amides is 2. The van der Waals surface area contributed by atoms with Gasteiger partial charge in [-0.05, 0) is 35.1 Å². The fourth-order valence-electron chi connectivity index (χ4n) is 6.34. The van der Waals surface area contributed by atoms with Crippen LogP contribution in [0.5, 0.6) is 5.75 Å². The first kappa shape index (κ1) is 21.7. The van der Waals surface area contributed by atoms with E-state index < -0.39 is 23.7 Å². The molecule has 1 saturated heterocycles. The Morgan fingerprint density at radius 2 is 1.43 bits per heavy atom. The molecule has 0 saturated carbocycles. The number of para-hydroxylation sites is 1. The van der Waals surface area contributed by atoms with Gasteiger partial charge in [-0.2, -0.15) is 0 Å². The lowest BCUT2D eigenvalue weighted by Gasteiger charge is -2.38. The molecule has 180 valence electrons. The zero-order valence-electron chi connectivity index (χ0n) is 20.1. The predicted molar refractivity (Wildman–Crippen MR) is 141 cm³/mol. The number of imide groups is 1. The monoisotopic (exact) mass is 485 g/mol. The van der Waals surface area contributed by atoms with Gasteiger partial charge in [0, 0.05) is 16.9 Å². The highest BCUT2D eigenvalue weighted by molar-refractivity contribution is 6.25. The number of ether oxygens (including phenoxy) is 1. The van der Waals surface area contributed by atoms with Gasteiger partial charge in [0.1, 0.15) is 5.75 Å². The summed E-state index contributed by atoms with van der Waals surface area (Å²) in [5.74, 6) is -3.32. The largest absolute Gasteiger partial charge is 0.425 e. The molecule has 4 aromatic carbocycles. The first-order valence-electron chi connectivity index (χ1n) is 12.5. The Labute approximate surface area is 214 Å². The number of anilines is 1. The quantitative estimate of drug-likeness (QED) is 0.209. The number of hydrogen-bond donors (Lipinski definition) is 0. The summed E-state index contributed by atoms with van der Waals surface area (Å²) < 4.78 is 5.95. The van der Waals surface area contributed by atoms with Gasteiger partial charge in [0.25, 0.3) is 0 Å². The Morgan fingerprint density at radius 3 is 2.24 bits per heavy atom. The molecule has 2 aliphatic heterocycles. The summed E-state index contributed by atoms with van der Waals surface area (Å²) in [5.41, 5.74) is 3.90. The van der Waals surface area contributed by atoms with Crippen molar-refractivity contribution >= 4 is 39.8 Å². The molecule has 2 heterocycles. The fraction of sp³-hybridized carbons (Fsp3) is 0.156. The van der Waals surface area contributed by atoms with E-state index in [1.807, 2.05) is 97.9 Å². The van der Waals surface area contributed by atoms with Gasteiger partial charge in [-0.1, -0.05) is 91.0 Å². The number of nitrogens with zero attached hydrogens (tertiary/aromatic N) is 1. The standard InChI is InChI=1S/C32H23NO4/c1-18-9-5-8-14-25(18)33-30(34)26-23(19-10-3-2-4-11-19)17-24-22-16-15-20-12-6-7-13-21(20)29(22)37-32(36)27(24)28(26)31(33)35/h2-17,23,26-28H,1H3/t23-,26+,27-,28+/m1/s1. The van der Waals surface area contributed by atoms with Crippen molar-refractivity contribution in [2.75, 3.05) is 4.90 Å². The molecule has 5 heteroatoms. The zero-order chi connectivity index (χ0) is 25.3. The smallest absolute Gasteiger partial charge is 0.319 e. The summed E-state index contributed by atoms with van der Waals surface area (Å²) in [4.78, 5) is 43.0. The molecule has 0 spiro atoms. The lowest BCUT2D eigenvalue weighted by molar-refractivity contribution is -0.142.